The van der Waals surface area contributed by atoms with Crippen molar-refractivity contribution in [3.8, 4) is 11.1 Å². The molecule has 4 heteroatoms. The monoisotopic (exact) mass is 331 g/mol. The second-order valence-corrected chi connectivity index (χ2v) is 7.11. The zero-order valence-corrected chi connectivity index (χ0v) is 13.7. The van der Waals surface area contributed by atoms with Crippen LogP contribution in [-0.2, 0) is 9.59 Å². The number of hydrogen-bond donors (Lipinski definition) is 0. The number of nitrogens with zero attached hydrogens (tertiary/aromatic N) is 1. The minimum atomic E-state index is -0.178. The van der Waals surface area contributed by atoms with Crippen LogP contribution in [-0.4, -0.2) is 17.6 Å². The Kier molecular flexibility index (Phi) is 2.99. The van der Waals surface area contributed by atoms with Crippen molar-refractivity contribution in [3.63, 3.8) is 0 Å². The molecule has 2 atom stereocenters. The Morgan fingerprint density at radius 1 is 0.720 bits per heavy atom. The number of anilines is 1. The van der Waals surface area contributed by atoms with Gasteiger partial charge >= 0.3 is 0 Å². The molecule has 2 aromatic carbocycles. The summed E-state index contributed by atoms with van der Waals surface area (Å²) >= 11 is 0. The number of benzene rings is 2. The first-order chi connectivity index (χ1) is 12.2. The summed E-state index contributed by atoms with van der Waals surface area (Å²) in [5.41, 5.74) is 3.59. The molecular formula is C21H17NO3. The van der Waals surface area contributed by atoms with E-state index < -0.39 is 0 Å². The summed E-state index contributed by atoms with van der Waals surface area (Å²) < 4.78 is 0. The minimum Gasteiger partial charge on any atom is -0.289 e. The molecule has 2 unspecified atom stereocenters. The highest BCUT2D eigenvalue weighted by Gasteiger charge is 2.49. The SMILES string of the molecule is O=C1c2ccccc2-c2ccc(N3C(=O)C4CCCCC4C3=O)cc21. The third-order valence-electron chi connectivity index (χ3n) is 5.81. The summed E-state index contributed by atoms with van der Waals surface area (Å²) in [4.78, 5) is 39.5. The topological polar surface area (TPSA) is 54.5 Å². The van der Waals surface area contributed by atoms with Crippen molar-refractivity contribution in [1.29, 1.82) is 0 Å². The fraction of sp³-hybridized carbons (Fsp3) is 0.286. The van der Waals surface area contributed by atoms with Crippen molar-refractivity contribution in [3.05, 3.63) is 53.6 Å². The quantitative estimate of drug-likeness (QED) is 0.641. The van der Waals surface area contributed by atoms with E-state index in [2.05, 4.69) is 0 Å². The molecule has 1 heterocycles. The molecule has 2 aliphatic carbocycles. The third kappa shape index (κ3) is 1.91. The van der Waals surface area contributed by atoms with Crippen LogP contribution >= 0.6 is 0 Å². The van der Waals surface area contributed by atoms with Crippen molar-refractivity contribution in [2.45, 2.75) is 25.7 Å². The number of carbonyl (C=O) groups excluding carboxylic acids is 3. The van der Waals surface area contributed by atoms with Gasteiger partial charge in [0.25, 0.3) is 0 Å². The molecule has 25 heavy (non-hydrogen) atoms. The molecule has 0 aromatic heterocycles. The van der Waals surface area contributed by atoms with Crippen LogP contribution < -0.4 is 4.90 Å². The molecule has 1 saturated carbocycles. The number of fused-ring (bicyclic) bond motifs is 4. The lowest BCUT2D eigenvalue weighted by Gasteiger charge is -2.19. The highest BCUT2D eigenvalue weighted by molar-refractivity contribution is 6.25. The Hall–Kier alpha value is -2.75. The fourth-order valence-electron chi connectivity index (χ4n) is 4.57. The fourth-order valence-corrected chi connectivity index (χ4v) is 4.57. The van der Waals surface area contributed by atoms with Crippen LogP contribution in [0.3, 0.4) is 0 Å². The number of hydrogen-bond acceptors (Lipinski definition) is 3. The maximum Gasteiger partial charge on any atom is 0.237 e. The molecule has 5 rings (SSSR count). The van der Waals surface area contributed by atoms with Crippen LogP contribution in [0.5, 0.6) is 0 Å². The maximum absolute atomic E-state index is 12.8. The van der Waals surface area contributed by atoms with Crippen LogP contribution in [0, 0.1) is 11.8 Å². The summed E-state index contributed by atoms with van der Waals surface area (Å²) in [6, 6.07) is 12.9. The van der Waals surface area contributed by atoms with E-state index in [0.29, 0.717) is 16.8 Å². The largest absolute Gasteiger partial charge is 0.289 e. The summed E-state index contributed by atoms with van der Waals surface area (Å²) in [6.07, 6.45) is 3.60. The minimum absolute atomic E-state index is 0.0380. The summed E-state index contributed by atoms with van der Waals surface area (Å²) in [6.45, 7) is 0. The summed E-state index contributed by atoms with van der Waals surface area (Å²) in [5, 5.41) is 0. The van der Waals surface area contributed by atoms with E-state index in [1.165, 1.54) is 4.90 Å². The van der Waals surface area contributed by atoms with Gasteiger partial charge in [-0.2, -0.15) is 0 Å². The molecule has 2 fully saturated rings. The molecule has 0 spiro atoms. The summed E-state index contributed by atoms with van der Waals surface area (Å²) in [7, 11) is 0. The predicted octanol–water partition coefficient (Wildman–Crippen LogP) is 3.58. The van der Waals surface area contributed by atoms with Gasteiger partial charge in [-0.05, 0) is 36.1 Å². The van der Waals surface area contributed by atoms with Gasteiger partial charge in [0.1, 0.15) is 0 Å². The molecule has 2 aromatic rings. The average Bonchev–Trinajstić information content (AvgIpc) is 3.08. The lowest BCUT2D eigenvalue weighted by atomic mass is 9.81. The molecule has 2 amide bonds. The lowest BCUT2D eigenvalue weighted by molar-refractivity contribution is -0.122. The van der Waals surface area contributed by atoms with E-state index in [9.17, 15) is 14.4 Å². The Balaban J connectivity index is 1.58. The van der Waals surface area contributed by atoms with Crippen molar-refractivity contribution in [2.24, 2.45) is 11.8 Å². The maximum atomic E-state index is 12.8. The highest BCUT2D eigenvalue weighted by atomic mass is 16.2. The van der Waals surface area contributed by atoms with Gasteiger partial charge in [0.15, 0.2) is 5.78 Å². The van der Waals surface area contributed by atoms with Crippen LogP contribution in [0.25, 0.3) is 11.1 Å². The van der Waals surface area contributed by atoms with Crippen LogP contribution in [0.1, 0.15) is 41.6 Å². The standard InChI is InChI=1S/C21H17NO3/c23-19-15-6-2-1-5-13(15)14-10-9-12(11-18(14)19)22-20(24)16-7-3-4-8-17(16)21(22)25/h1-2,5-6,9-11,16-17H,3-4,7-8H2. The van der Waals surface area contributed by atoms with E-state index >= 15 is 0 Å². The highest BCUT2D eigenvalue weighted by Crippen LogP contribution is 2.42. The number of amides is 2. The van der Waals surface area contributed by atoms with Gasteiger partial charge in [-0.25, -0.2) is 0 Å². The van der Waals surface area contributed by atoms with E-state index in [0.717, 1.165) is 36.8 Å². The number of imide groups is 1. The first-order valence-corrected chi connectivity index (χ1v) is 8.83. The van der Waals surface area contributed by atoms with Gasteiger partial charge < -0.3 is 0 Å². The molecule has 1 saturated heterocycles. The van der Waals surface area contributed by atoms with Crippen molar-refractivity contribution < 1.29 is 14.4 Å². The van der Waals surface area contributed by atoms with Gasteiger partial charge in [-0.1, -0.05) is 43.2 Å². The molecule has 0 bridgehead atoms. The zero-order chi connectivity index (χ0) is 17.1. The third-order valence-corrected chi connectivity index (χ3v) is 5.81. The van der Waals surface area contributed by atoms with Crippen molar-refractivity contribution in [2.75, 3.05) is 4.90 Å². The van der Waals surface area contributed by atoms with E-state index in [1.807, 2.05) is 30.3 Å². The molecule has 4 nitrogen and oxygen atoms in total. The van der Waals surface area contributed by atoms with Crippen molar-refractivity contribution >= 4 is 23.3 Å². The van der Waals surface area contributed by atoms with Gasteiger partial charge in [0.2, 0.25) is 11.8 Å². The Labute approximate surface area is 145 Å². The van der Waals surface area contributed by atoms with E-state index in [1.54, 1.807) is 12.1 Å². The lowest BCUT2D eigenvalue weighted by Crippen LogP contribution is -2.30. The van der Waals surface area contributed by atoms with Gasteiger partial charge in [-0.3, -0.25) is 19.3 Å². The van der Waals surface area contributed by atoms with Crippen LogP contribution in [0.15, 0.2) is 42.5 Å². The second-order valence-electron chi connectivity index (χ2n) is 7.11. The summed E-state index contributed by atoms with van der Waals surface area (Å²) in [5.74, 6) is -0.594. The Morgan fingerprint density at radius 2 is 1.32 bits per heavy atom. The smallest absolute Gasteiger partial charge is 0.237 e. The molecular weight excluding hydrogens is 314 g/mol. The molecule has 1 aliphatic heterocycles. The Morgan fingerprint density at radius 3 is 2.00 bits per heavy atom. The number of carbonyl (C=O) groups is 3. The second kappa shape index (κ2) is 5.12. The number of rotatable bonds is 1. The van der Waals surface area contributed by atoms with Crippen molar-refractivity contribution in [1.82, 2.24) is 0 Å². The first kappa shape index (κ1) is 14.6. The van der Waals surface area contributed by atoms with Gasteiger partial charge in [0, 0.05) is 11.1 Å². The van der Waals surface area contributed by atoms with E-state index in [-0.39, 0.29) is 29.4 Å². The zero-order valence-electron chi connectivity index (χ0n) is 13.7. The molecule has 3 aliphatic rings. The van der Waals surface area contributed by atoms with Crippen LogP contribution in [0.2, 0.25) is 0 Å². The normalized spacial score (nSPS) is 24.3. The molecule has 124 valence electrons. The predicted molar refractivity (Wildman–Crippen MR) is 93.3 cm³/mol. The average molecular weight is 331 g/mol. The van der Waals surface area contributed by atoms with Gasteiger partial charge in [-0.15, -0.1) is 0 Å². The molecule has 0 N–H and O–H groups in total. The molecule has 0 radical (unpaired) electrons. The number of ketones is 1. The Bertz CT molecular complexity index is 922. The first-order valence-electron chi connectivity index (χ1n) is 8.83. The van der Waals surface area contributed by atoms with E-state index in [4.69, 9.17) is 0 Å². The van der Waals surface area contributed by atoms with Gasteiger partial charge in [0.05, 0.1) is 17.5 Å². The van der Waals surface area contributed by atoms with Crippen LogP contribution in [0.4, 0.5) is 5.69 Å².